The third-order valence-electron chi connectivity index (χ3n) is 2.32. The van der Waals surface area contributed by atoms with Gasteiger partial charge in [-0.15, -0.1) is 5.10 Å². The van der Waals surface area contributed by atoms with Crippen LogP contribution in [0.3, 0.4) is 0 Å². The van der Waals surface area contributed by atoms with Crippen molar-refractivity contribution in [2.24, 2.45) is 0 Å². The largest absolute Gasteiger partial charge is 0.469 e. The molecule has 0 aromatic carbocycles. The topological polar surface area (TPSA) is 62.3 Å². The molecule has 0 aliphatic carbocycles. The Balaban J connectivity index is 2.37. The molecular weight excluding hydrogens is 272 g/mol. The molecule has 0 aliphatic rings. The van der Waals surface area contributed by atoms with Gasteiger partial charge in [-0.3, -0.25) is 0 Å². The molecule has 1 heterocycles. The normalized spacial score (nSPS) is 12.1. The summed E-state index contributed by atoms with van der Waals surface area (Å²) in [5, 5.41) is 3.94. The fraction of sp³-hybridized carbons (Fsp3) is 0.727. The van der Waals surface area contributed by atoms with Gasteiger partial charge in [-0.1, -0.05) is 19.6 Å². The highest BCUT2D eigenvalue weighted by Gasteiger charge is 2.13. The second-order valence-corrected chi connectivity index (χ2v) is 11.1. The van der Waals surface area contributed by atoms with Gasteiger partial charge in [0.25, 0.3) is 12.3 Å². The maximum Gasteiger partial charge on any atom is 0.272 e. The Hall–Kier alpha value is -1.15. The number of rotatable bonds is 8. The molecule has 0 unspecified atom stereocenters. The molecule has 0 spiro atoms. The van der Waals surface area contributed by atoms with Crippen molar-refractivity contribution in [3.63, 3.8) is 0 Å². The van der Waals surface area contributed by atoms with Crippen LogP contribution in [0.15, 0.2) is 6.20 Å². The van der Waals surface area contributed by atoms with Crippen LogP contribution >= 0.6 is 0 Å². The van der Waals surface area contributed by atoms with Crippen molar-refractivity contribution in [2.75, 3.05) is 18.9 Å². The Morgan fingerprint density at radius 3 is 2.68 bits per heavy atom. The zero-order valence-electron chi connectivity index (χ0n) is 11.5. The zero-order valence-corrected chi connectivity index (χ0v) is 12.5. The lowest BCUT2D eigenvalue weighted by Crippen LogP contribution is -2.22. The lowest BCUT2D eigenvalue weighted by Gasteiger charge is -2.15. The van der Waals surface area contributed by atoms with Gasteiger partial charge < -0.3 is 15.2 Å². The van der Waals surface area contributed by atoms with Gasteiger partial charge in [-0.2, -0.15) is 0 Å². The summed E-state index contributed by atoms with van der Waals surface area (Å²) < 4.78 is 35.7. The van der Waals surface area contributed by atoms with E-state index in [2.05, 4.69) is 24.7 Å². The van der Waals surface area contributed by atoms with E-state index < -0.39 is 21.1 Å². The number of ether oxygens (including phenoxy) is 2. The lowest BCUT2D eigenvalue weighted by molar-refractivity contribution is 0.0696. The molecule has 0 bridgehead atoms. The van der Waals surface area contributed by atoms with E-state index >= 15 is 0 Å². The third kappa shape index (κ3) is 6.53. The van der Waals surface area contributed by atoms with Crippen molar-refractivity contribution in [2.45, 2.75) is 38.8 Å². The molecule has 0 amide bonds. The van der Waals surface area contributed by atoms with Gasteiger partial charge in [0, 0.05) is 14.7 Å². The molecule has 0 atom stereocenters. The molecule has 110 valence electrons. The molecule has 8 heteroatoms. The Kier molecular flexibility index (Phi) is 5.74. The van der Waals surface area contributed by atoms with Crippen LogP contribution in [0, 0.1) is 0 Å². The van der Waals surface area contributed by atoms with Crippen molar-refractivity contribution in [3.05, 3.63) is 6.20 Å². The zero-order chi connectivity index (χ0) is 14.5. The Morgan fingerprint density at radius 1 is 1.42 bits per heavy atom. The first kappa shape index (κ1) is 15.9. The van der Waals surface area contributed by atoms with Crippen molar-refractivity contribution in [1.82, 2.24) is 9.78 Å². The number of anilines is 1. The maximum absolute atomic E-state index is 12.0. The maximum atomic E-state index is 12.0. The highest BCUT2D eigenvalue weighted by molar-refractivity contribution is 6.76. The van der Waals surface area contributed by atoms with Crippen LogP contribution in [0.1, 0.15) is 0 Å². The van der Waals surface area contributed by atoms with Gasteiger partial charge in [0.2, 0.25) is 0 Å². The van der Waals surface area contributed by atoms with Gasteiger partial charge in [0.1, 0.15) is 12.4 Å². The SMILES string of the molecule is C[Si](C)(C)CCOCn1cc(N)c(OCC(F)F)n1. The number of nitrogens with zero attached hydrogens (tertiary/aromatic N) is 2. The van der Waals surface area contributed by atoms with Crippen molar-refractivity contribution < 1.29 is 18.3 Å². The fourth-order valence-corrected chi connectivity index (χ4v) is 2.03. The van der Waals surface area contributed by atoms with E-state index in [1.807, 2.05) is 0 Å². The molecule has 0 saturated heterocycles. The summed E-state index contributed by atoms with van der Waals surface area (Å²) in [4.78, 5) is 0. The average molecular weight is 293 g/mol. The standard InChI is InChI=1S/C11H21F2N3O2Si/c1-19(2,3)5-4-17-8-16-6-9(14)11(15-16)18-7-10(12)13/h6,10H,4-5,7-8,14H2,1-3H3. The van der Waals surface area contributed by atoms with E-state index in [-0.39, 0.29) is 18.3 Å². The summed E-state index contributed by atoms with van der Waals surface area (Å²) >= 11 is 0. The lowest BCUT2D eigenvalue weighted by atomic mass is 10.6. The van der Waals surface area contributed by atoms with Crippen LogP contribution in [0.4, 0.5) is 14.5 Å². The summed E-state index contributed by atoms with van der Waals surface area (Å²) in [6.45, 7) is 6.97. The molecule has 0 saturated carbocycles. The number of alkyl halides is 2. The van der Waals surface area contributed by atoms with Gasteiger partial charge in [0.15, 0.2) is 6.61 Å². The molecule has 1 aromatic heterocycles. The first-order chi connectivity index (χ1) is 8.78. The molecule has 2 N–H and O–H groups in total. The highest BCUT2D eigenvalue weighted by atomic mass is 28.3. The van der Waals surface area contributed by atoms with Crippen molar-refractivity contribution in [3.8, 4) is 5.88 Å². The molecular formula is C11H21F2N3O2Si. The summed E-state index contributed by atoms with van der Waals surface area (Å²) in [7, 11) is -1.11. The summed E-state index contributed by atoms with van der Waals surface area (Å²) in [6.07, 6.45) is -1.03. The van der Waals surface area contributed by atoms with Gasteiger partial charge in [-0.05, 0) is 6.04 Å². The number of hydrogen-bond acceptors (Lipinski definition) is 4. The number of nitrogens with two attached hydrogens (primary N) is 1. The molecule has 1 rings (SSSR count). The van der Waals surface area contributed by atoms with Crippen LogP contribution in [0.5, 0.6) is 5.88 Å². The summed E-state index contributed by atoms with van der Waals surface area (Å²) in [5.41, 5.74) is 5.83. The van der Waals surface area contributed by atoms with Crippen LogP contribution in [-0.2, 0) is 11.5 Å². The molecule has 0 aliphatic heterocycles. The van der Waals surface area contributed by atoms with E-state index in [1.165, 1.54) is 10.9 Å². The van der Waals surface area contributed by atoms with Crippen LogP contribution in [0.2, 0.25) is 25.7 Å². The highest BCUT2D eigenvalue weighted by Crippen LogP contribution is 2.18. The third-order valence-corrected chi connectivity index (χ3v) is 4.02. The predicted molar refractivity (Wildman–Crippen MR) is 72.2 cm³/mol. The summed E-state index contributed by atoms with van der Waals surface area (Å²) in [5.74, 6) is 0.0223. The second kappa shape index (κ2) is 6.85. The predicted octanol–water partition coefficient (Wildman–Crippen LogP) is 2.42. The molecule has 1 aromatic rings. The number of halogens is 2. The van der Waals surface area contributed by atoms with E-state index in [9.17, 15) is 8.78 Å². The molecule has 5 nitrogen and oxygen atoms in total. The van der Waals surface area contributed by atoms with E-state index in [0.717, 1.165) is 6.04 Å². The van der Waals surface area contributed by atoms with Gasteiger partial charge in [0.05, 0.1) is 6.20 Å². The van der Waals surface area contributed by atoms with Crippen molar-refractivity contribution in [1.29, 1.82) is 0 Å². The minimum atomic E-state index is -2.54. The Bertz CT molecular complexity index is 394. The van der Waals surface area contributed by atoms with Crippen LogP contribution < -0.4 is 10.5 Å². The molecule has 0 radical (unpaired) electrons. The first-order valence-electron chi connectivity index (χ1n) is 6.09. The van der Waals surface area contributed by atoms with Crippen LogP contribution in [-0.4, -0.2) is 37.5 Å². The fourth-order valence-electron chi connectivity index (χ4n) is 1.28. The minimum Gasteiger partial charge on any atom is -0.469 e. The number of hydrogen-bond donors (Lipinski definition) is 1. The van der Waals surface area contributed by atoms with Crippen molar-refractivity contribution >= 4 is 13.8 Å². The first-order valence-corrected chi connectivity index (χ1v) is 9.80. The average Bonchev–Trinajstić information content (AvgIpc) is 2.61. The monoisotopic (exact) mass is 293 g/mol. The summed E-state index contributed by atoms with van der Waals surface area (Å²) in [6, 6.07) is 1.05. The van der Waals surface area contributed by atoms with E-state index in [0.29, 0.717) is 6.61 Å². The second-order valence-electron chi connectivity index (χ2n) is 5.48. The van der Waals surface area contributed by atoms with E-state index in [4.69, 9.17) is 15.2 Å². The molecule has 0 fully saturated rings. The van der Waals surface area contributed by atoms with Gasteiger partial charge >= 0.3 is 0 Å². The quantitative estimate of drug-likeness (QED) is 0.590. The Labute approximate surface area is 112 Å². The number of nitrogen functional groups attached to an aromatic ring is 1. The number of aromatic nitrogens is 2. The minimum absolute atomic E-state index is 0.0223. The van der Waals surface area contributed by atoms with E-state index in [1.54, 1.807) is 0 Å². The smallest absolute Gasteiger partial charge is 0.272 e. The Morgan fingerprint density at radius 2 is 2.11 bits per heavy atom. The van der Waals surface area contributed by atoms with Crippen LogP contribution in [0.25, 0.3) is 0 Å². The van der Waals surface area contributed by atoms with Gasteiger partial charge in [-0.25, -0.2) is 13.5 Å². The molecule has 19 heavy (non-hydrogen) atoms.